The molecule has 0 aliphatic rings. The third kappa shape index (κ3) is 3.34. The zero-order valence-corrected chi connectivity index (χ0v) is 9.54. The fourth-order valence-electron chi connectivity index (χ4n) is 1.32. The molecule has 0 radical (unpaired) electrons. The lowest BCUT2D eigenvalue weighted by molar-refractivity contribution is 0.415. The van der Waals surface area contributed by atoms with Crippen LogP contribution < -0.4 is 4.74 Å². The van der Waals surface area contributed by atoms with Crippen molar-refractivity contribution in [2.75, 3.05) is 7.11 Å². The molecule has 0 aliphatic carbocycles. The van der Waals surface area contributed by atoms with Gasteiger partial charge in [-0.25, -0.2) is 0 Å². The van der Waals surface area contributed by atoms with E-state index in [1.54, 1.807) is 19.6 Å². The van der Waals surface area contributed by atoms with Gasteiger partial charge in [0.25, 0.3) is 0 Å². The van der Waals surface area contributed by atoms with Crippen LogP contribution in [0.5, 0.6) is 5.75 Å². The van der Waals surface area contributed by atoms with Gasteiger partial charge >= 0.3 is 0 Å². The summed E-state index contributed by atoms with van der Waals surface area (Å²) in [4.78, 5) is 4.27. The minimum absolute atomic E-state index is 0.811. The Balaban J connectivity index is 1.95. The van der Waals surface area contributed by atoms with Crippen molar-refractivity contribution < 1.29 is 9.15 Å². The van der Waals surface area contributed by atoms with Crippen LogP contribution in [0.2, 0.25) is 0 Å². The Labute approximate surface area is 100 Å². The molecule has 0 atom stereocenters. The molecule has 0 aliphatic heterocycles. The zero-order chi connectivity index (χ0) is 11.9. The average molecular weight is 227 g/mol. The van der Waals surface area contributed by atoms with Gasteiger partial charge < -0.3 is 9.15 Å². The van der Waals surface area contributed by atoms with Crippen molar-refractivity contribution in [3.63, 3.8) is 0 Å². The van der Waals surface area contributed by atoms with E-state index >= 15 is 0 Å². The van der Waals surface area contributed by atoms with Gasteiger partial charge in [0.1, 0.15) is 11.5 Å². The molecule has 0 unspecified atom stereocenters. The average Bonchev–Trinajstić information content (AvgIpc) is 2.88. The van der Waals surface area contributed by atoms with E-state index in [-0.39, 0.29) is 0 Å². The Morgan fingerprint density at radius 2 is 2.00 bits per heavy atom. The largest absolute Gasteiger partial charge is 0.497 e. The van der Waals surface area contributed by atoms with Gasteiger partial charge in [-0.1, -0.05) is 0 Å². The predicted molar refractivity (Wildman–Crippen MR) is 68.9 cm³/mol. The van der Waals surface area contributed by atoms with E-state index in [4.69, 9.17) is 9.15 Å². The zero-order valence-electron chi connectivity index (χ0n) is 9.54. The number of rotatable bonds is 4. The Morgan fingerprint density at radius 1 is 1.18 bits per heavy atom. The van der Waals surface area contributed by atoms with Gasteiger partial charge in [-0.05, 0) is 48.6 Å². The lowest BCUT2D eigenvalue weighted by Crippen LogP contribution is -1.79. The van der Waals surface area contributed by atoms with Crippen molar-refractivity contribution in [2.45, 2.75) is 0 Å². The summed E-state index contributed by atoms with van der Waals surface area (Å²) in [6.07, 6.45) is 7.06. The highest BCUT2D eigenvalue weighted by molar-refractivity contribution is 5.79. The Kier molecular flexibility index (Phi) is 3.76. The molecule has 1 aromatic heterocycles. The molecular formula is C14H13NO2. The lowest BCUT2D eigenvalue weighted by atomic mass is 10.3. The van der Waals surface area contributed by atoms with Crippen molar-refractivity contribution in [3.05, 3.63) is 54.5 Å². The third-order valence-electron chi connectivity index (χ3n) is 2.19. The standard InChI is InChI=1S/C14H13NO2/c1-16-13-8-6-12(7-9-13)15-10-2-4-14-5-3-11-17-14/h2-11H,1H3/b4-2+,15-10?. The molecule has 0 amide bonds. The van der Waals surface area contributed by atoms with Crippen LogP contribution in [-0.4, -0.2) is 13.3 Å². The molecule has 1 aromatic carbocycles. The Bertz CT molecular complexity index is 496. The topological polar surface area (TPSA) is 34.7 Å². The summed E-state index contributed by atoms with van der Waals surface area (Å²) in [5, 5.41) is 0. The second-order valence-corrected chi connectivity index (χ2v) is 3.35. The molecule has 0 saturated carbocycles. The molecule has 0 fully saturated rings. The van der Waals surface area contributed by atoms with Crippen molar-refractivity contribution in [2.24, 2.45) is 4.99 Å². The number of aliphatic imine (C=N–C) groups is 1. The molecule has 2 aromatic rings. The number of allylic oxidation sites excluding steroid dienone is 1. The van der Waals surface area contributed by atoms with Crippen molar-refractivity contribution >= 4 is 18.0 Å². The molecule has 3 nitrogen and oxygen atoms in total. The molecule has 0 spiro atoms. The van der Waals surface area contributed by atoms with E-state index in [1.165, 1.54) is 0 Å². The highest BCUT2D eigenvalue weighted by atomic mass is 16.5. The smallest absolute Gasteiger partial charge is 0.126 e. The summed E-state index contributed by atoms with van der Waals surface area (Å²) in [6, 6.07) is 11.3. The molecular weight excluding hydrogens is 214 g/mol. The molecule has 0 saturated heterocycles. The van der Waals surface area contributed by atoms with Gasteiger partial charge in [0.05, 0.1) is 19.1 Å². The minimum Gasteiger partial charge on any atom is -0.497 e. The first-order valence-corrected chi connectivity index (χ1v) is 5.27. The highest BCUT2D eigenvalue weighted by Gasteiger charge is 1.90. The van der Waals surface area contributed by atoms with Gasteiger partial charge in [-0.3, -0.25) is 4.99 Å². The number of hydrogen-bond acceptors (Lipinski definition) is 3. The van der Waals surface area contributed by atoms with Crippen LogP contribution in [0.25, 0.3) is 6.08 Å². The normalized spacial score (nSPS) is 11.4. The molecule has 17 heavy (non-hydrogen) atoms. The first-order valence-electron chi connectivity index (χ1n) is 5.27. The van der Waals surface area contributed by atoms with Crippen LogP contribution in [0.15, 0.2) is 58.1 Å². The maximum Gasteiger partial charge on any atom is 0.126 e. The second-order valence-electron chi connectivity index (χ2n) is 3.35. The van der Waals surface area contributed by atoms with E-state index in [0.29, 0.717) is 0 Å². The van der Waals surface area contributed by atoms with E-state index in [2.05, 4.69) is 4.99 Å². The highest BCUT2D eigenvalue weighted by Crippen LogP contribution is 2.17. The van der Waals surface area contributed by atoms with Crippen molar-refractivity contribution in [1.29, 1.82) is 0 Å². The molecule has 3 heteroatoms. The SMILES string of the molecule is COc1ccc(N=C/C=C/c2ccco2)cc1. The van der Waals surface area contributed by atoms with Crippen LogP contribution in [-0.2, 0) is 0 Å². The second kappa shape index (κ2) is 5.70. The summed E-state index contributed by atoms with van der Waals surface area (Å²) < 4.78 is 10.2. The summed E-state index contributed by atoms with van der Waals surface area (Å²) in [5.41, 5.74) is 0.884. The van der Waals surface area contributed by atoms with E-state index in [0.717, 1.165) is 17.2 Å². The number of furan rings is 1. The van der Waals surface area contributed by atoms with E-state index < -0.39 is 0 Å². The first-order chi connectivity index (χ1) is 8.38. The monoisotopic (exact) mass is 227 g/mol. The fourth-order valence-corrected chi connectivity index (χ4v) is 1.32. The van der Waals surface area contributed by atoms with Crippen LogP contribution in [0, 0.1) is 0 Å². The number of hydrogen-bond donors (Lipinski definition) is 0. The van der Waals surface area contributed by atoms with Gasteiger partial charge in [0, 0.05) is 6.21 Å². The number of ether oxygens (including phenoxy) is 1. The van der Waals surface area contributed by atoms with Crippen LogP contribution >= 0.6 is 0 Å². The van der Waals surface area contributed by atoms with Gasteiger partial charge in [0.15, 0.2) is 0 Å². The molecule has 0 N–H and O–H groups in total. The fraction of sp³-hybridized carbons (Fsp3) is 0.0714. The molecule has 2 rings (SSSR count). The lowest BCUT2D eigenvalue weighted by Gasteiger charge is -1.97. The Hall–Kier alpha value is -2.29. The number of nitrogens with zero attached hydrogens (tertiary/aromatic N) is 1. The maximum atomic E-state index is 5.15. The summed E-state index contributed by atoms with van der Waals surface area (Å²) in [6.45, 7) is 0. The number of benzene rings is 1. The van der Waals surface area contributed by atoms with Gasteiger partial charge in [-0.15, -0.1) is 0 Å². The molecule has 86 valence electrons. The van der Waals surface area contributed by atoms with Crippen LogP contribution in [0.4, 0.5) is 5.69 Å². The summed E-state index contributed by atoms with van der Waals surface area (Å²) in [7, 11) is 1.64. The quantitative estimate of drug-likeness (QED) is 0.746. The van der Waals surface area contributed by atoms with Crippen molar-refractivity contribution in [1.82, 2.24) is 0 Å². The van der Waals surface area contributed by atoms with Crippen LogP contribution in [0.1, 0.15) is 5.76 Å². The van der Waals surface area contributed by atoms with Gasteiger partial charge in [0.2, 0.25) is 0 Å². The number of methoxy groups -OCH3 is 1. The van der Waals surface area contributed by atoms with E-state index in [9.17, 15) is 0 Å². The maximum absolute atomic E-state index is 5.15. The van der Waals surface area contributed by atoms with Crippen LogP contribution in [0.3, 0.4) is 0 Å². The third-order valence-corrected chi connectivity index (χ3v) is 2.19. The molecule has 0 bridgehead atoms. The summed E-state index contributed by atoms with van der Waals surface area (Å²) in [5.74, 6) is 1.64. The predicted octanol–water partition coefficient (Wildman–Crippen LogP) is 3.70. The molecule has 1 heterocycles. The minimum atomic E-state index is 0.811. The van der Waals surface area contributed by atoms with Crippen molar-refractivity contribution in [3.8, 4) is 5.75 Å². The van der Waals surface area contributed by atoms with E-state index in [1.807, 2.05) is 48.6 Å². The first kappa shape index (κ1) is 11.2. The van der Waals surface area contributed by atoms with Gasteiger partial charge in [-0.2, -0.15) is 0 Å². The Morgan fingerprint density at radius 3 is 2.65 bits per heavy atom. The summed E-state index contributed by atoms with van der Waals surface area (Å²) >= 11 is 0.